The van der Waals surface area contributed by atoms with Crippen LogP contribution in [-0.4, -0.2) is 29.5 Å². The normalized spacial score (nSPS) is 20.7. The van der Waals surface area contributed by atoms with E-state index in [-0.39, 0.29) is 11.5 Å². The van der Waals surface area contributed by atoms with Gasteiger partial charge >= 0.3 is 6.03 Å². The average molecular weight is 467 g/mol. The molecule has 8 nitrogen and oxygen atoms in total. The van der Waals surface area contributed by atoms with Crippen molar-refractivity contribution in [1.82, 2.24) is 5.32 Å². The van der Waals surface area contributed by atoms with Gasteiger partial charge in [0, 0.05) is 4.47 Å². The number of benzene rings is 2. The first-order valence-corrected chi connectivity index (χ1v) is 9.77. The van der Waals surface area contributed by atoms with E-state index < -0.39 is 23.8 Å². The van der Waals surface area contributed by atoms with Crippen molar-refractivity contribution in [3.8, 4) is 0 Å². The van der Waals surface area contributed by atoms with Crippen LogP contribution in [0.25, 0.3) is 0 Å². The van der Waals surface area contributed by atoms with Crippen LogP contribution in [-0.2, 0) is 14.4 Å². The fraction of sp³-hybridized carbons (Fsp3) is 0.0952. The van der Waals surface area contributed by atoms with Crippen molar-refractivity contribution >= 4 is 56.8 Å². The third-order valence-corrected chi connectivity index (χ3v) is 5.23. The minimum atomic E-state index is -0.894. The summed E-state index contributed by atoms with van der Waals surface area (Å²) in [6.45, 7) is 1.64. The van der Waals surface area contributed by atoms with Gasteiger partial charge in [-0.2, -0.15) is 10.1 Å². The third kappa shape index (κ3) is 3.43. The van der Waals surface area contributed by atoms with Gasteiger partial charge in [0.05, 0.1) is 23.0 Å². The molecule has 2 aliphatic rings. The quantitative estimate of drug-likeness (QED) is 0.554. The summed E-state index contributed by atoms with van der Waals surface area (Å²) in [5, 5.41) is 7.65. The number of hydrogen-bond donors (Lipinski definition) is 1. The zero-order chi connectivity index (χ0) is 21.4. The lowest BCUT2D eigenvalue weighted by Gasteiger charge is -2.26. The van der Waals surface area contributed by atoms with Crippen molar-refractivity contribution in [3.63, 3.8) is 0 Å². The van der Waals surface area contributed by atoms with E-state index in [0.29, 0.717) is 17.1 Å². The second-order valence-corrected chi connectivity index (χ2v) is 7.58. The lowest BCUT2D eigenvalue weighted by Crippen LogP contribution is -2.54. The highest BCUT2D eigenvalue weighted by Gasteiger charge is 2.40. The van der Waals surface area contributed by atoms with E-state index in [1.165, 1.54) is 11.1 Å². The molecule has 2 heterocycles. The zero-order valence-corrected chi connectivity index (χ0v) is 17.3. The van der Waals surface area contributed by atoms with Crippen LogP contribution in [0.4, 0.5) is 16.2 Å². The summed E-state index contributed by atoms with van der Waals surface area (Å²) < 4.78 is 0.771. The predicted molar refractivity (Wildman–Crippen MR) is 114 cm³/mol. The Morgan fingerprint density at radius 1 is 0.967 bits per heavy atom. The lowest BCUT2D eigenvalue weighted by molar-refractivity contribution is -0.122. The van der Waals surface area contributed by atoms with E-state index >= 15 is 0 Å². The summed E-state index contributed by atoms with van der Waals surface area (Å²) in [5.74, 6) is -2.93. The number of para-hydroxylation sites is 1. The fourth-order valence-electron chi connectivity index (χ4n) is 3.19. The number of hydrazone groups is 1. The Kier molecular flexibility index (Phi) is 5.04. The van der Waals surface area contributed by atoms with E-state index in [2.05, 4.69) is 26.3 Å². The monoisotopic (exact) mass is 466 g/mol. The highest BCUT2D eigenvalue weighted by molar-refractivity contribution is 9.10. The van der Waals surface area contributed by atoms with E-state index in [9.17, 15) is 19.2 Å². The van der Waals surface area contributed by atoms with Crippen molar-refractivity contribution in [3.05, 3.63) is 70.7 Å². The molecule has 150 valence electrons. The van der Waals surface area contributed by atoms with Gasteiger partial charge < -0.3 is 0 Å². The van der Waals surface area contributed by atoms with Gasteiger partial charge in [0.1, 0.15) is 5.57 Å². The first-order chi connectivity index (χ1) is 14.4. The molecule has 0 unspecified atom stereocenters. The molecular weight excluding hydrogens is 452 g/mol. The molecule has 9 heteroatoms. The molecule has 2 aromatic rings. The van der Waals surface area contributed by atoms with Crippen LogP contribution in [0.5, 0.6) is 0 Å². The molecule has 0 saturated carbocycles. The molecule has 1 saturated heterocycles. The number of carbonyl (C=O) groups is 4. The van der Waals surface area contributed by atoms with Gasteiger partial charge in [-0.05, 0) is 49.4 Å². The summed E-state index contributed by atoms with van der Waals surface area (Å²) in [4.78, 5) is 51.4. The van der Waals surface area contributed by atoms with E-state index in [1.807, 2.05) is 6.07 Å². The van der Waals surface area contributed by atoms with Gasteiger partial charge in [-0.15, -0.1) is 0 Å². The van der Waals surface area contributed by atoms with Crippen molar-refractivity contribution < 1.29 is 19.2 Å². The lowest BCUT2D eigenvalue weighted by atomic mass is 9.98. The van der Waals surface area contributed by atoms with Crippen LogP contribution < -0.4 is 15.2 Å². The number of urea groups is 1. The molecule has 0 aliphatic carbocycles. The Labute approximate surface area is 180 Å². The SMILES string of the molecule is CC1=NN(c2ccccc2)C(=O)[C@@H]1/C=C1/C(=O)NC(=O)N(c2ccc(Br)cc2)C1=O. The molecule has 1 fully saturated rings. The summed E-state index contributed by atoms with van der Waals surface area (Å²) in [6, 6.07) is 14.5. The average Bonchev–Trinajstić information content (AvgIpc) is 3.01. The number of anilines is 2. The van der Waals surface area contributed by atoms with Crippen molar-refractivity contribution in [2.75, 3.05) is 9.91 Å². The maximum atomic E-state index is 13.0. The van der Waals surface area contributed by atoms with E-state index in [4.69, 9.17) is 0 Å². The van der Waals surface area contributed by atoms with Crippen LogP contribution in [0.3, 0.4) is 0 Å². The van der Waals surface area contributed by atoms with Gasteiger partial charge in [0.2, 0.25) is 0 Å². The Morgan fingerprint density at radius 3 is 2.30 bits per heavy atom. The van der Waals surface area contributed by atoms with Crippen molar-refractivity contribution in [2.45, 2.75) is 6.92 Å². The molecular formula is C21H15BrN4O4. The fourth-order valence-corrected chi connectivity index (χ4v) is 3.46. The first-order valence-electron chi connectivity index (χ1n) is 8.98. The van der Waals surface area contributed by atoms with Crippen LogP contribution in [0.2, 0.25) is 0 Å². The molecule has 1 atom stereocenters. The van der Waals surface area contributed by atoms with Gasteiger partial charge in [-0.25, -0.2) is 9.69 Å². The molecule has 0 aromatic heterocycles. The second-order valence-electron chi connectivity index (χ2n) is 6.66. The standard InChI is InChI=1S/C21H15BrN4O4/c1-12-16(20(29)26(24-12)15-5-3-2-4-6-15)11-17-18(27)23-21(30)25(19(17)28)14-9-7-13(22)8-10-14/h2-11,16H,1H3,(H,23,27,30)/b17-11-/t16-/m1/s1. The summed E-state index contributed by atoms with van der Waals surface area (Å²) in [6.07, 6.45) is 1.26. The number of rotatable bonds is 3. The molecule has 0 radical (unpaired) electrons. The predicted octanol–water partition coefficient (Wildman–Crippen LogP) is 3.00. The Hall–Kier alpha value is -3.59. The molecule has 0 spiro atoms. The Balaban J connectivity index is 1.67. The highest BCUT2D eigenvalue weighted by Crippen LogP contribution is 2.27. The Bertz CT molecular complexity index is 1130. The van der Waals surface area contributed by atoms with E-state index in [0.717, 1.165) is 9.37 Å². The molecule has 1 N–H and O–H groups in total. The Morgan fingerprint density at radius 2 is 1.63 bits per heavy atom. The maximum absolute atomic E-state index is 13.0. The minimum Gasteiger partial charge on any atom is -0.273 e. The smallest absolute Gasteiger partial charge is 0.273 e. The number of carbonyl (C=O) groups excluding carboxylic acids is 4. The number of halogens is 1. The summed E-state index contributed by atoms with van der Waals surface area (Å²) in [5.41, 5.74) is 1.02. The maximum Gasteiger partial charge on any atom is 0.335 e. The molecule has 30 heavy (non-hydrogen) atoms. The zero-order valence-electron chi connectivity index (χ0n) is 15.7. The summed E-state index contributed by atoms with van der Waals surface area (Å²) >= 11 is 3.29. The second kappa shape index (κ2) is 7.68. The minimum absolute atomic E-state index is 0.291. The number of amides is 5. The first kappa shape index (κ1) is 19.7. The molecule has 2 aromatic carbocycles. The van der Waals surface area contributed by atoms with Gasteiger partial charge in [0.15, 0.2) is 0 Å². The molecule has 0 bridgehead atoms. The molecule has 4 rings (SSSR count). The number of nitrogens with one attached hydrogen (secondary N) is 1. The number of barbiturate groups is 1. The number of nitrogens with zero attached hydrogens (tertiary/aromatic N) is 3. The van der Waals surface area contributed by atoms with Crippen LogP contribution in [0.15, 0.2) is 75.8 Å². The van der Waals surface area contributed by atoms with E-state index in [1.54, 1.807) is 55.5 Å². The number of hydrogen-bond acceptors (Lipinski definition) is 5. The third-order valence-electron chi connectivity index (χ3n) is 4.70. The highest BCUT2D eigenvalue weighted by atomic mass is 79.9. The van der Waals surface area contributed by atoms with Gasteiger partial charge in [0.25, 0.3) is 17.7 Å². The molecule has 2 aliphatic heterocycles. The van der Waals surface area contributed by atoms with Crippen LogP contribution in [0.1, 0.15) is 6.92 Å². The van der Waals surface area contributed by atoms with Gasteiger partial charge in [-0.3, -0.25) is 19.7 Å². The summed E-state index contributed by atoms with van der Waals surface area (Å²) in [7, 11) is 0. The van der Waals surface area contributed by atoms with Crippen LogP contribution >= 0.6 is 15.9 Å². The largest absolute Gasteiger partial charge is 0.335 e. The topological polar surface area (TPSA) is 99.2 Å². The van der Waals surface area contributed by atoms with Crippen molar-refractivity contribution in [1.29, 1.82) is 0 Å². The van der Waals surface area contributed by atoms with Crippen molar-refractivity contribution in [2.24, 2.45) is 11.0 Å². The number of imide groups is 2. The van der Waals surface area contributed by atoms with Gasteiger partial charge in [-0.1, -0.05) is 34.1 Å². The molecule has 5 amide bonds. The van der Waals surface area contributed by atoms with Crippen LogP contribution in [0, 0.1) is 5.92 Å².